The molecular formula is C21H25N3O2S. The zero-order valence-electron chi connectivity index (χ0n) is 15.8. The van der Waals surface area contributed by atoms with E-state index >= 15 is 0 Å². The number of pyridine rings is 1. The Morgan fingerprint density at radius 2 is 2.33 bits per heavy atom. The second kappa shape index (κ2) is 6.31. The SMILES string of the molecule is Cc1cc(N2C[C@@H]3[C@H](CNC(=O)c4sccc4C)[C@H]4CC[C@]3(C2)O4)ccn1. The maximum Gasteiger partial charge on any atom is 0.261 e. The van der Waals surface area contributed by atoms with Gasteiger partial charge in [-0.05, 0) is 55.8 Å². The average molecular weight is 384 g/mol. The Labute approximate surface area is 163 Å². The van der Waals surface area contributed by atoms with Crippen LogP contribution in [0.4, 0.5) is 5.69 Å². The summed E-state index contributed by atoms with van der Waals surface area (Å²) in [6.45, 7) is 6.68. The fraction of sp³-hybridized carbons (Fsp3) is 0.524. The van der Waals surface area contributed by atoms with Crippen LogP contribution in [0, 0.1) is 25.7 Å². The molecule has 0 unspecified atom stereocenters. The van der Waals surface area contributed by atoms with Gasteiger partial charge in [0.05, 0.1) is 16.6 Å². The minimum Gasteiger partial charge on any atom is -0.369 e. The number of aryl methyl sites for hydroxylation is 2. The van der Waals surface area contributed by atoms with Crippen LogP contribution in [0.5, 0.6) is 0 Å². The monoisotopic (exact) mass is 383 g/mol. The molecule has 0 saturated carbocycles. The van der Waals surface area contributed by atoms with Gasteiger partial charge < -0.3 is 15.0 Å². The summed E-state index contributed by atoms with van der Waals surface area (Å²) in [7, 11) is 0. The fourth-order valence-electron chi connectivity index (χ4n) is 5.28. The maximum atomic E-state index is 12.5. The summed E-state index contributed by atoms with van der Waals surface area (Å²) < 4.78 is 6.52. The van der Waals surface area contributed by atoms with Crippen molar-refractivity contribution in [3.05, 3.63) is 45.9 Å². The van der Waals surface area contributed by atoms with Crippen LogP contribution < -0.4 is 10.2 Å². The quantitative estimate of drug-likeness (QED) is 0.881. The largest absolute Gasteiger partial charge is 0.369 e. The predicted octanol–water partition coefficient (Wildman–Crippen LogP) is 3.17. The summed E-state index contributed by atoms with van der Waals surface area (Å²) >= 11 is 1.52. The van der Waals surface area contributed by atoms with Gasteiger partial charge in [-0.15, -0.1) is 11.3 Å². The van der Waals surface area contributed by atoms with Crippen LogP contribution in [0.25, 0.3) is 0 Å². The number of ether oxygens (including phenoxy) is 1. The van der Waals surface area contributed by atoms with Crippen LogP contribution >= 0.6 is 11.3 Å². The first kappa shape index (κ1) is 17.2. The molecule has 0 aliphatic carbocycles. The summed E-state index contributed by atoms with van der Waals surface area (Å²) in [6, 6.07) is 6.24. The van der Waals surface area contributed by atoms with Crippen molar-refractivity contribution in [2.24, 2.45) is 11.8 Å². The second-order valence-corrected chi connectivity index (χ2v) is 9.12. The summed E-state index contributed by atoms with van der Waals surface area (Å²) in [5, 5.41) is 5.17. The highest BCUT2D eigenvalue weighted by Crippen LogP contribution is 2.55. The van der Waals surface area contributed by atoms with E-state index in [0.29, 0.717) is 24.5 Å². The van der Waals surface area contributed by atoms with Crippen LogP contribution in [-0.4, -0.2) is 42.2 Å². The molecule has 5 heterocycles. The number of carbonyl (C=O) groups is 1. The summed E-state index contributed by atoms with van der Waals surface area (Å²) in [5.74, 6) is 0.935. The Kier molecular flexibility index (Phi) is 4.02. The van der Waals surface area contributed by atoms with Gasteiger partial charge in [0.2, 0.25) is 0 Å². The summed E-state index contributed by atoms with van der Waals surface area (Å²) in [6.07, 6.45) is 4.42. The predicted molar refractivity (Wildman–Crippen MR) is 106 cm³/mol. The summed E-state index contributed by atoms with van der Waals surface area (Å²) in [5.41, 5.74) is 3.30. The van der Waals surface area contributed by atoms with E-state index in [9.17, 15) is 4.79 Å². The third-order valence-electron chi connectivity index (χ3n) is 6.60. The second-order valence-electron chi connectivity index (χ2n) is 8.21. The lowest BCUT2D eigenvalue weighted by Crippen LogP contribution is -2.41. The number of nitrogens with one attached hydrogen (secondary N) is 1. The number of fused-ring (bicyclic) bond motifs is 1. The van der Waals surface area contributed by atoms with E-state index in [0.717, 1.165) is 42.1 Å². The minimum atomic E-state index is -0.0317. The molecule has 1 spiro atoms. The zero-order valence-corrected chi connectivity index (χ0v) is 16.6. The number of thiophene rings is 1. The molecule has 3 fully saturated rings. The number of anilines is 1. The van der Waals surface area contributed by atoms with Gasteiger partial charge >= 0.3 is 0 Å². The highest BCUT2D eigenvalue weighted by Gasteiger charge is 2.62. The third-order valence-corrected chi connectivity index (χ3v) is 7.61. The number of aromatic nitrogens is 1. The van der Waals surface area contributed by atoms with E-state index in [2.05, 4.69) is 27.3 Å². The van der Waals surface area contributed by atoms with E-state index in [-0.39, 0.29) is 11.5 Å². The molecule has 2 aromatic heterocycles. The van der Waals surface area contributed by atoms with Gasteiger partial charge in [-0.1, -0.05) is 0 Å². The van der Waals surface area contributed by atoms with E-state index in [4.69, 9.17) is 4.74 Å². The Hall–Kier alpha value is -1.92. The number of amides is 1. The fourth-order valence-corrected chi connectivity index (χ4v) is 6.13. The first-order valence-corrected chi connectivity index (χ1v) is 10.6. The lowest BCUT2D eigenvalue weighted by atomic mass is 9.73. The molecule has 0 radical (unpaired) electrons. The van der Waals surface area contributed by atoms with Crippen molar-refractivity contribution in [3.63, 3.8) is 0 Å². The molecule has 2 bridgehead atoms. The molecule has 6 heteroatoms. The third kappa shape index (κ3) is 2.77. The first-order chi connectivity index (χ1) is 13.1. The lowest BCUT2D eigenvalue weighted by molar-refractivity contribution is 0.0141. The molecule has 3 aliphatic heterocycles. The smallest absolute Gasteiger partial charge is 0.261 e. The Balaban J connectivity index is 1.31. The van der Waals surface area contributed by atoms with Gasteiger partial charge in [0.15, 0.2) is 0 Å². The van der Waals surface area contributed by atoms with E-state index in [1.54, 1.807) is 0 Å². The Morgan fingerprint density at radius 3 is 3.11 bits per heavy atom. The molecule has 3 aliphatic rings. The molecule has 3 saturated heterocycles. The van der Waals surface area contributed by atoms with Gasteiger partial charge in [0.25, 0.3) is 5.91 Å². The van der Waals surface area contributed by atoms with Gasteiger partial charge in [0, 0.05) is 49.0 Å². The van der Waals surface area contributed by atoms with Crippen molar-refractivity contribution in [1.29, 1.82) is 0 Å². The molecule has 0 aromatic carbocycles. The highest BCUT2D eigenvalue weighted by atomic mass is 32.1. The van der Waals surface area contributed by atoms with E-state index in [1.165, 1.54) is 17.0 Å². The summed E-state index contributed by atoms with van der Waals surface area (Å²) in [4.78, 5) is 20.1. The van der Waals surface area contributed by atoms with Crippen LogP contribution in [0.15, 0.2) is 29.8 Å². The van der Waals surface area contributed by atoms with Crippen molar-refractivity contribution in [2.45, 2.75) is 38.4 Å². The topological polar surface area (TPSA) is 54.5 Å². The molecule has 5 rings (SSSR count). The number of rotatable bonds is 4. The highest BCUT2D eigenvalue weighted by molar-refractivity contribution is 7.12. The van der Waals surface area contributed by atoms with Crippen molar-refractivity contribution in [3.8, 4) is 0 Å². The normalized spacial score (nSPS) is 31.3. The van der Waals surface area contributed by atoms with Crippen molar-refractivity contribution in [1.82, 2.24) is 10.3 Å². The molecule has 142 valence electrons. The molecule has 2 aromatic rings. The van der Waals surface area contributed by atoms with Crippen LogP contribution in [0.2, 0.25) is 0 Å². The zero-order chi connectivity index (χ0) is 18.6. The lowest BCUT2D eigenvalue weighted by Gasteiger charge is -2.29. The number of hydrogen-bond donors (Lipinski definition) is 1. The Bertz CT molecular complexity index is 882. The molecule has 1 N–H and O–H groups in total. The maximum absolute atomic E-state index is 12.5. The number of hydrogen-bond acceptors (Lipinski definition) is 5. The average Bonchev–Trinajstić information content (AvgIpc) is 3.39. The molecule has 4 atom stereocenters. The van der Waals surface area contributed by atoms with Gasteiger partial charge in [-0.2, -0.15) is 0 Å². The number of nitrogens with zero attached hydrogens (tertiary/aromatic N) is 2. The van der Waals surface area contributed by atoms with Crippen LogP contribution in [-0.2, 0) is 4.74 Å². The van der Waals surface area contributed by atoms with Gasteiger partial charge in [-0.25, -0.2) is 0 Å². The van der Waals surface area contributed by atoms with Crippen molar-refractivity contribution in [2.75, 3.05) is 24.5 Å². The van der Waals surface area contributed by atoms with Gasteiger partial charge in [-0.3, -0.25) is 9.78 Å². The van der Waals surface area contributed by atoms with Crippen molar-refractivity contribution < 1.29 is 9.53 Å². The molecule has 5 nitrogen and oxygen atoms in total. The Morgan fingerprint density at radius 1 is 1.44 bits per heavy atom. The minimum absolute atomic E-state index is 0.0317. The van der Waals surface area contributed by atoms with Crippen molar-refractivity contribution >= 4 is 22.9 Å². The van der Waals surface area contributed by atoms with Gasteiger partial charge in [0.1, 0.15) is 0 Å². The van der Waals surface area contributed by atoms with Crippen LogP contribution in [0.1, 0.15) is 33.8 Å². The number of carbonyl (C=O) groups excluding carboxylic acids is 1. The van der Waals surface area contributed by atoms with E-state index < -0.39 is 0 Å². The standard InChI is InChI=1S/C21H25N3O2S/c1-13-5-8-27-19(13)20(25)23-10-16-17-11-24(15-4-7-22-14(2)9-15)12-21(17)6-3-18(16)26-21/h4-5,7-9,16-18H,3,6,10-12H2,1-2H3,(H,23,25)/t16-,17+,18+,21+/m0/s1. The van der Waals surface area contributed by atoms with Crippen LogP contribution in [0.3, 0.4) is 0 Å². The molecular weight excluding hydrogens is 358 g/mol. The molecule has 1 amide bonds. The molecule has 27 heavy (non-hydrogen) atoms. The first-order valence-electron chi connectivity index (χ1n) is 9.73. The van der Waals surface area contributed by atoms with E-state index in [1.807, 2.05) is 31.5 Å².